The molecule has 0 spiro atoms. The van der Waals surface area contributed by atoms with E-state index in [-0.39, 0.29) is 29.2 Å². The van der Waals surface area contributed by atoms with E-state index in [1.54, 1.807) is 0 Å². The van der Waals surface area contributed by atoms with Crippen LogP contribution < -0.4 is 10.5 Å². The molecule has 80 valence electrons. The Morgan fingerprint density at radius 3 is 2.73 bits per heavy atom. The van der Waals surface area contributed by atoms with Crippen LogP contribution in [0.5, 0.6) is 11.5 Å². The van der Waals surface area contributed by atoms with Gasteiger partial charge in [0.25, 0.3) is 0 Å². The van der Waals surface area contributed by atoms with Gasteiger partial charge in [-0.15, -0.1) is 0 Å². The maximum atomic E-state index is 9.74. The first-order valence-corrected chi connectivity index (χ1v) is 4.32. The van der Waals surface area contributed by atoms with Crippen molar-refractivity contribution < 1.29 is 14.9 Å². The predicted molar refractivity (Wildman–Crippen MR) is 53.4 cm³/mol. The maximum absolute atomic E-state index is 9.74. The first-order chi connectivity index (χ1) is 7.15. The normalized spacial score (nSPS) is 11.9. The molecule has 0 radical (unpaired) electrons. The van der Waals surface area contributed by atoms with Crippen molar-refractivity contribution in [2.45, 2.75) is 6.04 Å². The predicted octanol–water partition coefficient (Wildman–Crippen LogP) is 0.265. The van der Waals surface area contributed by atoms with Crippen molar-refractivity contribution in [1.82, 2.24) is 0 Å². The maximum Gasteiger partial charge on any atom is 0.163 e. The molecule has 0 aliphatic carbocycles. The summed E-state index contributed by atoms with van der Waals surface area (Å²) in [5.74, 6) is 0.0333. The number of methoxy groups -OCH3 is 1. The van der Waals surface area contributed by atoms with Gasteiger partial charge in [0.15, 0.2) is 11.5 Å². The quantitative estimate of drug-likeness (QED) is 0.661. The zero-order valence-electron chi connectivity index (χ0n) is 8.27. The minimum absolute atomic E-state index is 0.196. The monoisotopic (exact) mass is 208 g/mol. The Morgan fingerprint density at radius 1 is 1.60 bits per heavy atom. The van der Waals surface area contributed by atoms with Crippen molar-refractivity contribution in [1.29, 1.82) is 5.26 Å². The zero-order chi connectivity index (χ0) is 11.4. The van der Waals surface area contributed by atoms with Gasteiger partial charge >= 0.3 is 0 Å². The summed E-state index contributed by atoms with van der Waals surface area (Å²) >= 11 is 0. The number of nitrogens with zero attached hydrogens (tertiary/aromatic N) is 1. The molecule has 1 atom stereocenters. The summed E-state index contributed by atoms with van der Waals surface area (Å²) in [4.78, 5) is 0. The highest BCUT2D eigenvalue weighted by molar-refractivity contribution is 5.55. The number of phenolic OH excluding ortho intramolecular Hbond substituents is 1. The smallest absolute Gasteiger partial charge is 0.163 e. The van der Waals surface area contributed by atoms with E-state index >= 15 is 0 Å². The lowest BCUT2D eigenvalue weighted by atomic mass is 10.0. The van der Waals surface area contributed by atoms with Gasteiger partial charge in [-0.2, -0.15) is 5.26 Å². The lowest BCUT2D eigenvalue weighted by Gasteiger charge is -2.14. The van der Waals surface area contributed by atoms with Crippen LogP contribution in [-0.4, -0.2) is 23.9 Å². The van der Waals surface area contributed by atoms with Crippen molar-refractivity contribution in [2.24, 2.45) is 5.73 Å². The van der Waals surface area contributed by atoms with E-state index < -0.39 is 6.04 Å². The fourth-order valence-electron chi connectivity index (χ4n) is 1.32. The van der Waals surface area contributed by atoms with Gasteiger partial charge < -0.3 is 20.7 Å². The summed E-state index contributed by atoms with van der Waals surface area (Å²) in [5, 5.41) is 27.5. The van der Waals surface area contributed by atoms with Gasteiger partial charge in [0, 0.05) is 5.56 Å². The lowest BCUT2D eigenvalue weighted by Crippen LogP contribution is -2.16. The summed E-state index contributed by atoms with van der Waals surface area (Å²) in [7, 11) is 1.40. The summed E-state index contributed by atoms with van der Waals surface area (Å²) in [6, 6.07) is 4.06. The molecule has 0 aromatic heterocycles. The highest BCUT2D eigenvalue weighted by Crippen LogP contribution is 2.35. The number of phenols is 1. The fraction of sp³-hybridized carbons (Fsp3) is 0.300. The average molecular weight is 208 g/mol. The Labute approximate surface area is 87.3 Å². The molecule has 0 bridgehead atoms. The lowest BCUT2D eigenvalue weighted by molar-refractivity contribution is 0.264. The van der Waals surface area contributed by atoms with Crippen LogP contribution >= 0.6 is 0 Å². The molecule has 4 N–H and O–H groups in total. The average Bonchev–Trinajstić information content (AvgIpc) is 2.27. The van der Waals surface area contributed by atoms with Gasteiger partial charge in [-0.05, 0) is 12.1 Å². The Morgan fingerprint density at radius 2 is 2.27 bits per heavy atom. The molecule has 1 rings (SSSR count). The highest BCUT2D eigenvalue weighted by atomic mass is 16.5. The van der Waals surface area contributed by atoms with Crippen molar-refractivity contribution in [2.75, 3.05) is 13.7 Å². The number of nitriles is 1. The summed E-state index contributed by atoms with van der Waals surface area (Å²) < 4.78 is 4.88. The van der Waals surface area contributed by atoms with Gasteiger partial charge in [0.1, 0.15) is 0 Å². The van der Waals surface area contributed by atoms with Crippen LogP contribution in [0.2, 0.25) is 0 Å². The standard InChI is InChI=1S/C10H12N2O3/c1-15-8-3-2-6(4-11)9(10(8)14)7(12)5-13/h2-3,7,13-14H,5,12H2,1H3/t7-/m0/s1. The molecule has 5 heteroatoms. The van der Waals surface area contributed by atoms with Crippen LogP contribution in [-0.2, 0) is 0 Å². The van der Waals surface area contributed by atoms with Crippen LogP contribution in [0, 0.1) is 11.3 Å². The zero-order valence-corrected chi connectivity index (χ0v) is 8.27. The van der Waals surface area contributed by atoms with Crippen molar-refractivity contribution in [3.05, 3.63) is 23.3 Å². The highest BCUT2D eigenvalue weighted by Gasteiger charge is 2.18. The van der Waals surface area contributed by atoms with Crippen molar-refractivity contribution in [3.63, 3.8) is 0 Å². The van der Waals surface area contributed by atoms with E-state index in [4.69, 9.17) is 20.8 Å². The molecule has 0 saturated heterocycles. The molecule has 0 amide bonds. The van der Waals surface area contributed by atoms with Gasteiger partial charge in [0.2, 0.25) is 0 Å². The van der Waals surface area contributed by atoms with E-state index in [9.17, 15) is 5.11 Å². The summed E-state index contributed by atoms with van der Waals surface area (Å²) in [6.07, 6.45) is 0. The van der Waals surface area contributed by atoms with Gasteiger partial charge in [-0.3, -0.25) is 0 Å². The minimum atomic E-state index is -0.797. The van der Waals surface area contributed by atoms with Crippen LogP contribution in [0.15, 0.2) is 12.1 Å². The molecule has 0 unspecified atom stereocenters. The topological polar surface area (TPSA) is 99.5 Å². The number of hydrogen-bond donors (Lipinski definition) is 3. The molecule has 0 aliphatic rings. The third-order valence-electron chi connectivity index (χ3n) is 2.09. The second-order valence-corrected chi connectivity index (χ2v) is 2.98. The number of hydrogen-bond acceptors (Lipinski definition) is 5. The van der Waals surface area contributed by atoms with Crippen LogP contribution in [0.25, 0.3) is 0 Å². The molecular weight excluding hydrogens is 196 g/mol. The van der Waals surface area contributed by atoms with Crippen LogP contribution in [0.3, 0.4) is 0 Å². The van der Waals surface area contributed by atoms with E-state index in [0.29, 0.717) is 0 Å². The first-order valence-electron chi connectivity index (χ1n) is 4.32. The largest absolute Gasteiger partial charge is 0.504 e. The fourth-order valence-corrected chi connectivity index (χ4v) is 1.32. The number of nitrogens with two attached hydrogens (primary N) is 1. The Hall–Kier alpha value is -1.77. The number of rotatable bonds is 3. The molecule has 0 heterocycles. The number of aliphatic hydroxyl groups is 1. The summed E-state index contributed by atoms with van der Waals surface area (Å²) in [5.41, 5.74) is 6.02. The molecule has 15 heavy (non-hydrogen) atoms. The van der Waals surface area contributed by atoms with Crippen LogP contribution in [0.4, 0.5) is 0 Å². The Kier molecular flexibility index (Phi) is 3.50. The third-order valence-corrected chi connectivity index (χ3v) is 2.09. The van der Waals surface area contributed by atoms with E-state index in [0.717, 1.165) is 0 Å². The number of benzene rings is 1. The van der Waals surface area contributed by atoms with Gasteiger partial charge in [-0.1, -0.05) is 0 Å². The van der Waals surface area contributed by atoms with Gasteiger partial charge in [0.05, 0.1) is 31.4 Å². The van der Waals surface area contributed by atoms with Crippen LogP contribution in [0.1, 0.15) is 17.2 Å². The number of aliphatic hydroxyl groups excluding tert-OH is 1. The first kappa shape index (κ1) is 11.3. The Balaban J connectivity index is 3.37. The number of ether oxygens (including phenoxy) is 1. The second kappa shape index (κ2) is 4.64. The Bertz CT molecular complexity index is 398. The molecule has 0 fully saturated rings. The molecule has 1 aromatic rings. The SMILES string of the molecule is COc1ccc(C#N)c([C@@H](N)CO)c1O. The van der Waals surface area contributed by atoms with E-state index in [1.807, 2.05) is 6.07 Å². The van der Waals surface area contributed by atoms with Gasteiger partial charge in [-0.25, -0.2) is 0 Å². The molecule has 5 nitrogen and oxygen atoms in total. The summed E-state index contributed by atoms with van der Waals surface area (Å²) in [6.45, 7) is -0.352. The third kappa shape index (κ3) is 2.01. The van der Waals surface area contributed by atoms with E-state index in [1.165, 1.54) is 19.2 Å². The van der Waals surface area contributed by atoms with E-state index in [2.05, 4.69) is 0 Å². The second-order valence-electron chi connectivity index (χ2n) is 2.98. The van der Waals surface area contributed by atoms with Crippen molar-refractivity contribution >= 4 is 0 Å². The molecule has 1 aromatic carbocycles. The van der Waals surface area contributed by atoms with Crippen molar-refractivity contribution in [3.8, 4) is 17.6 Å². The molecule has 0 aliphatic heterocycles. The molecular formula is C10H12N2O3. The number of aromatic hydroxyl groups is 1. The minimum Gasteiger partial charge on any atom is -0.504 e. The molecule has 0 saturated carbocycles.